The Kier molecular flexibility index (Phi) is 2.86. The molecule has 4 heteroatoms. The fraction of sp³-hybridized carbons (Fsp3) is 0.455. The molecule has 0 aliphatic carbocycles. The Hall–Kier alpha value is -1.16. The highest BCUT2D eigenvalue weighted by Crippen LogP contribution is 2.28. The van der Waals surface area contributed by atoms with Gasteiger partial charge in [-0.2, -0.15) is 0 Å². The molecule has 0 aromatic heterocycles. The van der Waals surface area contributed by atoms with Crippen LogP contribution < -0.4 is 10.6 Å². The summed E-state index contributed by atoms with van der Waals surface area (Å²) in [5.41, 5.74) is 7.15. The molecule has 1 aliphatic heterocycles. The Morgan fingerprint density at radius 3 is 2.73 bits per heavy atom. The predicted molar refractivity (Wildman–Crippen MR) is 55.9 cm³/mol. The van der Waals surface area contributed by atoms with Crippen molar-refractivity contribution >= 4 is 5.69 Å². The molecule has 0 fully saturated rings. The summed E-state index contributed by atoms with van der Waals surface area (Å²) >= 11 is 0. The van der Waals surface area contributed by atoms with Crippen molar-refractivity contribution in [3.05, 3.63) is 29.3 Å². The maximum atomic E-state index is 13.1. The second kappa shape index (κ2) is 4.14. The quantitative estimate of drug-likeness (QED) is 0.808. The zero-order valence-electron chi connectivity index (χ0n) is 8.47. The van der Waals surface area contributed by atoms with Gasteiger partial charge in [0.05, 0.1) is 0 Å². The Labute approximate surface area is 87.7 Å². The lowest BCUT2D eigenvalue weighted by atomic mass is 10.0. The van der Waals surface area contributed by atoms with E-state index in [-0.39, 0.29) is 0 Å². The van der Waals surface area contributed by atoms with Gasteiger partial charge in [-0.15, -0.1) is 0 Å². The molecule has 0 amide bonds. The van der Waals surface area contributed by atoms with E-state index in [2.05, 4.69) is 0 Å². The third-order valence-corrected chi connectivity index (χ3v) is 2.74. The van der Waals surface area contributed by atoms with Crippen LogP contribution in [0.1, 0.15) is 12.0 Å². The minimum atomic E-state index is -0.780. The third kappa shape index (κ3) is 1.95. The second-order valence-corrected chi connectivity index (χ2v) is 3.77. The van der Waals surface area contributed by atoms with Gasteiger partial charge in [0.1, 0.15) is 0 Å². The van der Waals surface area contributed by atoms with E-state index in [0.717, 1.165) is 30.6 Å². The molecule has 0 spiro atoms. The number of aryl methyl sites for hydroxylation is 1. The smallest absolute Gasteiger partial charge is 0.160 e. The highest BCUT2D eigenvalue weighted by molar-refractivity contribution is 5.56. The molecule has 1 aliphatic rings. The van der Waals surface area contributed by atoms with Crippen molar-refractivity contribution in [1.29, 1.82) is 0 Å². The van der Waals surface area contributed by atoms with Gasteiger partial charge in [-0.1, -0.05) is 0 Å². The number of halogens is 2. The summed E-state index contributed by atoms with van der Waals surface area (Å²) in [6.07, 6.45) is 1.78. The minimum Gasteiger partial charge on any atom is -0.370 e. The van der Waals surface area contributed by atoms with Gasteiger partial charge in [0.15, 0.2) is 11.6 Å². The molecule has 2 N–H and O–H groups in total. The van der Waals surface area contributed by atoms with Crippen molar-refractivity contribution < 1.29 is 8.78 Å². The van der Waals surface area contributed by atoms with Crippen LogP contribution in [0, 0.1) is 11.6 Å². The fourth-order valence-electron chi connectivity index (χ4n) is 2.04. The van der Waals surface area contributed by atoms with Crippen LogP contribution in [-0.2, 0) is 6.42 Å². The third-order valence-electron chi connectivity index (χ3n) is 2.74. The lowest BCUT2D eigenvalue weighted by Crippen LogP contribution is -2.34. The maximum absolute atomic E-state index is 13.1. The molecule has 0 unspecified atom stereocenters. The van der Waals surface area contributed by atoms with Gasteiger partial charge in [0, 0.05) is 31.4 Å². The molecule has 2 nitrogen and oxygen atoms in total. The Balaban J connectivity index is 2.38. The Bertz CT molecular complexity index is 366. The Morgan fingerprint density at radius 2 is 2.00 bits per heavy atom. The molecular weight excluding hydrogens is 198 g/mol. The van der Waals surface area contributed by atoms with Crippen molar-refractivity contribution in [2.75, 3.05) is 24.5 Å². The molecule has 0 saturated heterocycles. The maximum Gasteiger partial charge on any atom is 0.160 e. The van der Waals surface area contributed by atoms with E-state index in [4.69, 9.17) is 5.73 Å². The lowest BCUT2D eigenvalue weighted by Gasteiger charge is -2.31. The van der Waals surface area contributed by atoms with Gasteiger partial charge in [-0.05, 0) is 24.5 Å². The highest BCUT2D eigenvalue weighted by atomic mass is 19.2. The van der Waals surface area contributed by atoms with Crippen LogP contribution in [-0.4, -0.2) is 19.6 Å². The lowest BCUT2D eigenvalue weighted by molar-refractivity contribution is 0.504. The number of anilines is 1. The molecule has 1 aromatic carbocycles. The van der Waals surface area contributed by atoms with Crippen LogP contribution in [0.2, 0.25) is 0 Å². The molecule has 15 heavy (non-hydrogen) atoms. The van der Waals surface area contributed by atoms with Crippen molar-refractivity contribution in [3.63, 3.8) is 0 Å². The number of hydrogen-bond donors (Lipinski definition) is 1. The summed E-state index contributed by atoms with van der Waals surface area (Å²) in [7, 11) is 0. The molecule has 1 heterocycles. The van der Waals surface area contributed by atoms with Crippen LogP contribution in [0.3, 0.4) is 0 Å². The van der Waals surface area contributed by atoms with Gasteiger partial charge in [0.2, 0.25) is 0 Å². The first-order chi connectivity index (χ1) is 7.22. The zero-order valence-corrected chi connectivity index (χ0v) is 8.47. The predicted octanol–water partition coefficient (Wildman–Crippen LogP) is 1.68. The van der Waals surface area contributed by atoms with E-state index in [0.29, 0.717) is 13.1 Å². The molecule has 0 saturated carbocycles. The highest BCUT2D eigenvalue weighted by Gasteiger charge is 2.18. The normalized spacial score (nSPS) is 15.3. The van der Waals surface area contributed by atoms with E-state index in [1.165, 1.54) is 12.1 Å². The molecule has 1 aromatic rings. The van der Waals surface area contributed by atoms with Gasteiger partial charge in [0.25, 0.3) is 0 Å². The first kappa shape index (κ1) is 10.4. The van der Waals surface area contributed by atoms with Crippen molar-refractivity contribution in [3.8, 4) is 0 Å². The van der Waals surface area contributed by atoms with E-state index in [1.807, 2.05) is 4.90 Å². The first-order valence-electron chi connectivity index (χ1n) is 5.15. The molecule has 0 bridgehead atoms. The molecule has 0 atom stereocenters. The summed E-state index contributed by atoms with van der Waals surface area (Å²) in [6, 6.07) is 2.58. The van der Waals surface area contributed by atoms with Gasteiger partial charge in [-0.25, -0.2) is 8.78 Å². The number of hydrogen-bond acceptors (Lipinski definition) is 2. The summed E-state index contributed by atoms with van der Waals surface area (Å²) < 4.78 is 26.1. The molecule has 2 rings (SSSR count). The number of rotatable bonds is 2. The average molecular weight is 212 g/mol. The SMILES string of the molecule is NCCN1CCCc2cc(F)c(F)cc21. The number of fused-ring (bicyclic) bond motifs is 1. The van der Waals surface area contributed by atoms with Gasteiger partial charge < -0.3 is 10.6 Å². The van der Waals surface area contributed by atoms with Crippen molar-refractivity contribution in [2.45, 2.75) is 12.8 Å². The van der Waals surface area contributed by atoms with Gasteiger partial charge >= 0.3 is 0 Å². The molecular formula is C11H14F2N2. The van der Waals surface area contributed by atoms with Gasteiger partial charge in [-0.3, -0.25) is 0 Å². The second-order valence-electron chi connectivity index (χ2n) is 3.77. The molecule has 82 valence electrons. The summed E-state index contributed by atoms with van der Waals surface area (Å²) in [4.78, 5) is 2.02. The van der Waals surface area contributed by atoms with Crippen LogP contribution >= 0.6 is 0 Å². The summed E-state index contributed by atoms with van der Waals surface area (Å²) in [5, 5.41) is 0. The monoisotopic (exact) mass is 212 g/mol. The van der Waals surface area contributed by atoms with E-state index >= 15 is 0 Å². The number of nitrogens with two attached hydrogens (primary N) is 1. The van der Waals surface area contributed by atoms with Crippen molar-refractivity contribution in [1.82, 2.24) is 0 Å². The first-order valence-corrected chi connectivity index (χ1v) is 5.15. The van der Waals surface area contributed by atoms with Crippen LogP contribution in [0.15, 0.2) is 12.1 Å². The van der Waals surface area contributed by atoms with Crippen molar-refractivity contribution in [2.24, 2.45) is 5.73 Å². The van der Waals surface area contributed by atoms with E-state index in [9.17, 15) is 8.78 Å². The summed E-state index contributed by atoms with van der Waals surface area (Å²) in [5.74, 6) is -1.54. The number of benzene rings is 1. The average Bonchev–Trinajstić information content (AvgIpc) is 2.21. The Morgan fingerprint density at radius 1 is 1.27 bits per heavy atom. The van der Waals surface area contributed by atoms with Crippen LogP contribution in [0.4, 0.5) is 14.5 Å². The van der Waals surface area contributed by atoms with Crippen LogP contribution in [0.25, 0.3) is 0 Å². The topological polar surface area (TPSA) is 29.3 Å². The molecule has 0 radical (unpaired) electrons. The van der Waals surface area contributed by atoms with E-state index in [1.54, 1.807) is 0 Å². The van der Waals surface area contributed by atoms with Crippen LogP contribution in [0.5, 0.6) is 0 Å². The fourth-order valence-corrected chi connectivity index (χ4v) is 2.04. The summed E-state index contributed by atoms with van der Waals surface area (Å²) in [6.45, 7) is 2.09. The number of nitrogens with zero attached hydrogens (tertiary/aromatic N) is 1. The largest absolute Gasteiger partial charge is 0.370 e. The minimum absolute atomic E-state index is 0.526. The zero-order chi connectivity index (χ0) is 10.8. The van der Waals surface area contributed by atoms with E-state index < -0.39 is 11.6 Å². The standard InChI is InChI=1S/C11H14F2N2/c12-9-6-8-2-1-4-15(5-3-14)11(8)7-10(9)13/h6-7H,1-5,14H2.